The van der Waals surface area contributed by atoms with Gasteiger partial charge in [0.2, 0.25) is 11.8 Å². The van der Waals surface area contributed by atoms with Crippen LogP contribution in [0.5, 0.6) is 0 Å². The van der Waals surface area contributed by atoms with Gasteiger partial charge in [-0.05, 0) is 56.5 Å². The van der Waals surface area contributed by atoms with E-state index in [9.17, 15) is 9.59 Å². The molecule has 2 aromatic carbocycles. The summed E-state index contributed by atoms with van der Waals surface area (Å²) in [5.74, 6) is -0.276. The highest BCUT2D eigenvalue weighted by molar-refractivity contribution is 5.95. The number of hydrogen-bond acceptors (Lipinski definition) is 3. The maximum atomic E-state index is 12.5. The normalized spacial score (nSPS) is 10.4. The van der Waals surface area contributed by atoms with Crippen LogP contribution in [0.2, 0.25) is 0 Å². The number of amides is 2. The van der Waals surface area contributed by atoms with Crippen molar-refractivity contribution in [2.75, 3.05) is 36.4 Å². The lowest BCUT2D eigenvalue weighted by Gasteiger charge is -2.23. The Kier molecular flexibility index (Phi) is 8.05. The Morgan fingerprint density at radius 3 is 2.25 bits per heavy atom. The minimum atomic E-state index is -0.179. The predicted octanol–water partition coefficient (Wildman–Crippen LogP) is 3.87. The number of rotatable bonds is 9. The van der Waals surface area contributed by atoms with Crippen molar-refractivity contribution in [2.24, 2.45) is 0 Å². The van der Waals surface area contributed by atoms with Crippen LogP contribution in [0.1, 0.15) is 31.9 Å². The zero-order chi connectivity index (χ0) is 20.5. The van der Waals surface area contributed by atoms with Gasteiger partial charge >= 0.3 is 0 Å². The number of anilines is 2. The predicted molar refractivity (Wildman–Crippen MR) is 116 cm³/mol. The molecule has 5 heteroatoms. The van der Waals surface area contributed by atoms with Crippen molar-refractivity contribution in [3.05, 3.63) is 59.7 Å². The Hall–Kier alpha value is -2.82. The minimum Gasteiger partial charge on any atom is -0.372 e. The highest BCUT2D eigenvalue weighted by Gasteiger charge is 2.15. The zero-order valence-corrected chi connectivity index (χ0v) is 17.4. The highest BCUT2D eigenvalue weighted by atomic mass is 16.2. The zero-order valence-electron chi connectivity index (χ0n) is 17.4. The number of hydrogen-bond donors (Lipinski definition) is 1. The van der Waals surface area contributed by atoms with Crippen LogP contribution in [0.4, 0.5) is 11.4 Å². The molecule has 0 heterocycles. The summed E-state index contributed by atoms with van der Waals surface area (Å²) < 4.78 is 0. The molecule has 0 spiro atoms. The highest BCUT2D eigenvalue weighted by Crippen LogP contribution is 2.22. The minimum absolute atomic E-state index is 0.0550. The van der Waals surface area contributed by atoms with Gasteiger partial charge in [-0.15, -0.1) is 0 Å². The molecular formula is C23H31N3O2. The molecule has 150 valence electrons. The van der Waals surface area contributed by atoms with E-state index in [4.69, 9.17) is 0 Å². The van der Waals surface area contributed by atoms with Crippen LogP contribution in [0, 0.1) is 6.92 Å². The van der Waals surface area contributed by atoms with Crippen molar-refractivity contribution in [1.29, 1.82) is 0 Å². The molecule has 0 radical (unpaired) electrons. The maximum Gasteiger partial charge on any atom is 0.244 e. The summed E-state index contributed by atoms with van der Waals surface area (Å²) in [6.45, 7) is 10.2. The molecule has 0 unspecified atom stereocenters. The van der Waals surface area contributed by atoms with Crippen LogP contribution in [-0.4, -0.2) is 42.9 Å². The number of nitrogens with zero attached hydrogens (tertiary/aromatic N) is 2. The average molecular weight is 382 g/mol. The van der Waals surface area contributed by atoms with E-state index in [0.29, 0.717) is 6.54 Å². The largest absolute Gasteiger partial charge is 0.372 e. The van der Waals surface area contributed by atoms with E-state index in [1.54, 1.807) is 4.90 Å². The Morgan fingerprint density at radius 1 is 1.00 bits per heavy atom. The van der Waals surface area contributed by atoms with Gasteiger partial charge in [0.25, 0.3) is 0 Å². The molecule has 0 saturated heterocycles. The molecule has 2 aromatic rings. The van der Waals surface area contributed by atoms with Crippen LogP contribution < -0.4 is 10.2 Å². The van der Waals surface area contributed by atoms with Gasteiger partial charge in [-0.3, -0.25) is 9.59 Å². The summed E-state index contributed by atoms with van der Waals surface area (Å²) in [5, 5.41) is 2.94. The van der Waals surface area contributed by atoms with Gasteiger partial charge in [0, 0.05) is 37.9 Å². The Morgan fingerprint density at radius 2 is 1.68 bits per heavy atom. The number of carbonyl (C=O) groups is 2. The number of nitrogens with one attached hydrogen (secondary N) is 1. The molecule has 0 aromatic heterocycles. The second-order valence-corrected chi connectivity index (χ2v) is 6.90. The van der Waals surface area contributed by atoms with Gasteiger partial charge in [0.05, 0.1) is 6.54 Å². The number of benzene rings is 2. The molecule has 0 fully saturated rings. The Bertz CT molecular complexity index is 786. The summed E-state index contributed by atoms with van der Waals surface area (Å²) in [5.41, 5.74) is 4.09. The Labute approximate surface area is 168 Å². The van der Waals surface area contributed by atoms with Gasteiger partial charge in [0.15, 0.2) is 0 Å². The lowest BCUT2D eigenvalue weighted by atomic mass is 10.1. The van der Waals surface area contributed by atoms with Crippen LogP contribution >= 0.6 is 0 Å². The van der Waals surface area contributed by atoms with Crippen LogP contribution in [-0.2, 0) is 16.0 Å². The van der Waals surface area contributed by atoms with Crippen LogP contribution in [0.3, 0.4) is 0 Å². The van der Waals surface area contributed by atoms with Gasteiger partial charge in [-0.2, -0.15) is 0 Å². The van der Waals surface area contributed by atoms with Gasteiger partial charge in [-0.1, -0.05) is 30.3 Å². The molecule has 0 aliphatic heterocycles. The summed E-state index contributed by atoms with van der Waals surface area (Å²) >= 11 is 0. The van der Waals surface area contributed by atoms with E-state index in [-0.39, 0.29) is 18.4 Å². The first kappa shape index (κ1) is 21.5. The molecule has 1 N–H and O–H groups in total. The topological polar surface area (TPSA) is 52.7 Å². The quantitative estimate of drug-likeness (QED) is 0.717. The molecule has 5 nitrogen and oxygen atoms in total. The molecule has 2 amide bonds. The first-order valence-corrected chi connectivity index (χ1v) is 9.89. The summed E-state index contributed by atoms with van der Waals surface area (Å²) in [4.78, 5) is 28.3. The molecule has 0 bridgehead atoms. The van der Waals surface area contributed by atoms with Crippen molar-refractivity contribution < 1.29 is 9.59 Å². The fourth-order valence-electron chi connectivity index (χ4n) is 3.19. The average Bonchev–Trinajstić information content (AvgIpc) is 2.68. The molecule has 2 rings (SSSR count). The smallest absolute Gasteiger partial charge is 0.244 e. The summed E-state index contributed by atoms with van der Waals surface area (Å²) in [7, 11) is 0. The van der Waals surface area contributed by atoms with Crippen LogP contribution in [0.25, 0.3) is 0 Å². The first-order valence-electron chi connectivity index (χ1n) is 9.89. The lowest BCUT2D eigenvalue weighted by Crippen LogP contribution is -2.38. The second-order valence-electron chi connectivity index (χ2n) is 6.90. The lowest BCUT2D eigenvalue weighted by molar-refractivity contribution is -0.132. The first-order chi connectivity index (χ1) is 13.4. The fraction of sp³-hybridized carbons (Fsp3) is 0.391. The number of carbonyl (C=O) groups excluding carboxylic acids is 2. The van der Waals surface area contributed by atoms with Crippen molar-refractivity contribution in [2.45, 2.75) is 34.1 Å². The molecule has 0 atom stereocenters. The summed E-state index contributed by atoms with van der Waals surface area (Å²) in [6, 6.07) is 16.0. The molecule has 28 heavy (non-hydrogen) atoms. The molecular weight excluding hydrogens is 350 g/mol. The van der Waals surface area contributed by atoms with Gasteiger partial charge in [-0.25, -0.2) is 0 Å². The van der Waals surface area contributed by atoms with Crippen molar-refractivity contribution in [3.8, 4) is 0 Å². The van der Waals surface area contributed by atoms with E-state index < -0.39 is 0 Å². The Balaban J connectivity index is 1.97. The van der Waals surface area contributed by atoms with E-state index >= 15 is 0 Å². The van der Waals surface area contributed by atoms with Gasteiger partial charge in [0.1, 0.15) is 0 Å². The van der Waals surface area contributed by atoms with Gasteiger partial charge < -0.3 is 15.1 Å². The monoisotopic (exact) mass is 381 g/mol. The van der Waals surface area contributed by atoms with Crippen molar-refractivity contribution >= 4 is 23.2 Å². The van der Waals surface area contributed by atoms with E-state index in [1.165, 1.54) is 6.92 Å². The van der Waals surface area contributed by atoms with E-state index in [1.807, 2.05) is 49.4 Å². The molecule has 0 aliphatic rings. The van der Waals surface area contributed by atoms with E-state index in [2.05, 4.69) is 30.1 Å². The van der Waals surface area contributed by atoms with Crippen molar-refractivity contribution in [3.63, 3.8) is 0 Å². The third kappa shape index (κ3) is 6.12. The maximum absolute atomic E-state index is 12.5. The third-order valence-corrected chi connectivity index (χ3v) is 4.91. The second kappa shape index (κ2) is 10.5. The van der Waals surface area contributed by atoms with E-state index in [0.717, 1.165) is 42.0 Å². The summed E-state index contributed by atoms with van der Waals surface area (Å²) in [6.07, 6.45) is 0.727. The number of aryl methyl sites for hydroxylation is 1. The van der Waals surface area contributed by atoms with Crippen molar-refractivity contribution in [1.82, 2.24) is 4.90 Å². The molecule has 0 saturated carbocycles. The van der Waals surface area contributed by atoms with Crippen LogP contribution in [0.15, 0.2) is 48.5 Å². The standard InChI is InChI=1S/C23H31N3O2/c1-5-25(6-2)21-12-13-22(18(3)16-21)24-23(28)17-26(19(4)27)15-14-20-10-8-7-9-11-20/h7-13,16H,5-6,14-15,17H2,1-4H3,(H,24,28). The fourth-order valence-corrected chi connectivity index (χ4v) is 3.19. The SMILES string of the molecule is CCN(CC)c1ccc(NC(=O)CN(CCc2ccccc2)C(C)=O)c(C)c1. The third-order valence-electron chi connectivity index (χ3n) is 4.91. The molecule has 0 aliphatic carbocycles.